The van der Waals surface area contributed by atoms with Crippen molar-refractivity contribution in [3.8, 4) is 0 Å². The van der Waals surface area contributed by atoms with E-state index in [9.17, 15) is 0 Å². The van der Waals surface area contributed by atoms with Crippen molar-refractivity contribution in [3.63, 3.8) is 0 Å². The van der Waals surface area contributed by atoms with Gasteiger partial charge in [0.25, 0.3) is 0 Å². The quantitative estimate of drug-likeness (QED) is 0.419. The Balaban J connectivity index is 3.02. The highest BCUT2D eigenvalue weighted by atomic mass is 32.2. The van der Waals surface area contributed by atoms with Gasteiger partial charge in [-0.1, -0.05) is 0 Å². The molecule has 0 aliphatic carbocycles. The van der Waals surface area contributed by atoms with E-state index in [1.807, 2.05) is 18.6 Å². The van der Waals surface area contributed by atoms with Crippen LogP contribution in [0.15, 0.2) is 21.3 Å². The number of nitrogens with zero attached hydrogens (tertiary/aromatic N) is 2. The van der Waals surface area contributed by atoms with Crippen molar-refractivity contribution in [2.24, 2.45) is 0 Å². The van der Waals surface area contributed by atoms with Gasteiger partial charge in [-0.15, -0.1) is 23.5 Å². The molecule has 1 aromatic heterocycles. The van der Waals surface area contributed by atoms with Gasteiger partial charge in [-0.2, -0.15) is 0 Å². The summed E-state index contributed by atoms with van der Waals surface area (Å²) in [5, 5.41) is 2.31. The van der Waals surface area contributed by atoms with E-state index in [4.69, 9.17) is 12.6 Å². The average molecular weight is 203 g/mol. The highest BCUT2D eigenvalue weighted by Crippen LogP contribution is 2.19. The molecular formula is C6H7N2S3. The fraction of sp³-hybridized carbons (Fsp3) is 0.333. The van der Waals surface area contributed by atoms with Crippen LogP contribution in [0.1, 0.15) is 0 Å². The first kappa shape index (κ1) is 9.09. The van der Waals surface area contributed by atoms with Crippen molar-refractivity contribution in [1.82, 2.24) is 9.97 Å². The number of aromatic nitrogens is 2. The molecule has 0 aromatic carbocycles. The van der Waals surface area contributed by atoms with Crippen molar-refractivity contribution < 1.29 is 0 Å². The van der Waals surface area contributed by atoms with Gasteiger partial charge in [-0.05, 0) is 25.1 Å². The van der Waals surface area contributed by atoms with Crippen molar-refractivity contribution in [1.29, 1.82) is 0 Å². The van der Waals surface area contributed by atoms with E-state index >= 15 is 0 Å². The second-order valence-electron chi connectivity index (χ2n) is 1.74. The highest BCUT2D eigenvalue weighted by Gasteiger charge is 1.99. The monoisotopic (exact) mass is 203 g/mol. The van der Waals surface area contributed by atoms with Gasteiger partial charge in [0.2, 0.25) is 5.16 Å². The first-order valence-corrected chi connectivity index (χ1v) is 5.76. The number of hydrogen-bond acceptors (Lipinski definition) is 4. The Hall–Kier alpha value is -0.0000000000000000833. The molecule has 0 saturated heterocycles. The van der Waals surface area contributed by atoms with Crippen LogP contribution < -0.4 is 0 Å². The molecule has 0 atom stereocenters. The molecule has 0 aliphatic heterocycles. The van der Waals surface area contributed by atoms with E-state index < -0.39 is 0 Å². The predicted molar refractivity (Wildman–Crippen MR) is 51.5 cm³/mol. The lowest BCUT2D eigenvalue weighted by Crippen LogP contribution is -1.87. The maximum Gasteiger partial charge on any atom is 0.221 e. The molecule has 0 spiro atoms. The van der Waals surface area contributed by atoms with E-state index in [1.54, 1.807) is 23.5 Å². The largest absolute Gasteiger partial charge is 0.221 e. The van der Waals surface area contributed by atoms with Crippen molar-refractivity contribution in [3.05, 3.63) is 6.07 Å². The lowest BCUT2D eigenvalue weighted by atomic mass is 10.7. The minimum absolute atomic E-state index is 0.432. The summed E-state index contributed by atoms with van der Waals surface area (Å²) in [6.45, 7) is 0. The zero-order chi connectivity index (χ0) is 8.27. The molecule has 0 aliphatic rings. The van der Waals surface area contributed by atoms with E-state index in [1.165, 1.54) is 0 Å². The fourth-order valence-electron chi connectivity index (χ4n) is 0.593. The molecule has 0 unspecified atom stereocenters. The van der Waals surface area contributed by atoms with Gasteiger partial charge in [-0.3, -0.25) is 0 Å². The molecule has 5 heteroatoms. The zero-order valence-electron chi connectivity index (χ0n) is 6.20. The van der Waals surface area contributed by atoms with Crippen LogP contribution in [0.4, 0.5) is 0 Å². The second kappa shape index (κ2) is 4.13. The molecule has 1 aromatic rings. The Morgan fingerprint density at radius 2 is 1.64 bits per heavy atom. The topological polar surface area (TPSA) is 25.8 Å². The van der Waals surface area contributed by atoms with Crippen LogP contribution in [0.5, 0.6) is 0 Å². The summed E-state index contributed by atoms with van der Waals surface area (Å²) in [6, 6.07) is 1.94. The fourth-order valence-corrected chi connectivity index (χ4v) is 1.79. The predicted octanol–water partition coefficient (Wildman–Crippen LogP) is 2.48. The standard InChI is InChI=1S/C6H7N2S3/c1-10-4-3-5(11-2)8-6(9)7-4/h3H,1-2H3. The maximum absolute atomic E-state index is 4.87. The van der Waals surface area contributed by atoms with Gasteiger partial charge in [0.05, 0.1) is 0 Å². The summed E-state index contributed by atoms with van der Waals surface area (Å²) in [6.07, 6.45) is 3.95. The van der Waals surface area contributed by atoms with Crippen LogP contribution in [0.3, 0.4) is 0 Å². The molecule has 0 saturated carbocycles. The normalized spacial score (nSPS) is 10.0. The van der Waals surface area contributed by atoms with Crippen LogP contribution in [0.25, 0.3) is 0 Å². The van der Waals surface area contributed by atoms with Crippen LogP contribution in [-0.4, -0.2) is 22.5 Å². The molecular weight excluding hydrogens is 196 g/mol. The Bertz CT molecular complexity index is 229. The first-order chi connectivity index (χ1) is 5.26. The number of rotatable bonds is 2. The van der Waals surface area contributed by atoms with E-state index in [2.05, 4.69) is 9.97 Å². The third-order valence-electron chi connectivity index (χ3n) is 1.08. The molecule has 1 rings (SSSR count). The first-order valence-electron chi connectivity index (χ1n) is 2.90. The Morgan fingerprint density at radius 1 is 1.18 bits per heavy atom. The number of thioether (sulfide) groups is 2. The minimum atomic E-state index is 0.432. The number of hydrogen-bond donors (Lipinski definition) is 0. The highest BCUT2D eigenvalue weighted by molar-refractivity contribution is 7.99. The van der Waals surface area contributed by atoms with Crippen LogP contribution in [0.2, 0.25) is 0 Å². The molecule has 0 bridgehead atoms. The summed E-state index contributed by atoms with van der Waals surface area (Å²) < 4.78 is 0. The van der Waals surface area contributed by atoms with Crippen molar-refractivity contribution in [2.45, 2.75) is 15.2 Å². The lowest BCUT2D eigenvalue weighted by Gasteiger charge is -1.98. The summed E-state index contributed by atoms with van der Waals surface area (Å²) in [5.41, 5.74) is 0. The van der Waals surface area contributed by atoms with Crippen LogP contribution in [0, 0.1) is 0 Å². The van der Waals surface area contributed by atoms with Gasteiger partial charge >= 0.3 is 0 Å². The summed E-state index contributed by atoms with van der Waals surface area (Å²) >= 11 is 8.03. The summed E-state index contributed by atoms with van der Waals surface area (Å²) in [4.78, 5) is 8.11. The molecule has 11 heavy (non-hydrogen) atoms. The van der Waals surface area contributed by atoms with Crippen LogP contribution in [-0.2, 0) is 0 Å². The van der Waals surface area contributed by atoms with Gasteiger partial charge in [-0.25, -0.2) is 9.97 Å². The smallest absolute Gasteiger partial charge is 0.212 e. The van der Waals surface area contributed by atoms with Gasteiger partial charge < -0.3 is 0 Å². The molecule has 2 nitrogen and oxygen atoms in total. The molecule has 1 radical (unpaired) electrons. The molecule has 0 N–H and O–H groups in total. The minimum Gasteiger partial charge on any atom is -0.212 e. The molecule has 59 valence electrons. The molecule has 0 fully saturated rings. The molecule has 1 heterocycles. The third-order valence-corrected chi connectivity index (χ3v) is 2.51. The Kier molecular flexibility index (Phi) is 3.42. The Morgan fingerprint density at radius 3 is 2.00 bits per heavy atom. The second-order valence-corrected chi connectivity index (χ2v) is 3.75. The van der Waals surface area contributed by atoms with E-state index in [0.29, 0.717) is 5.16 Å². The van der Waals surface area contributed by atoms with Crippen LogP contribution >= 0.6 is 36.2 Å². The van der Waals surface area contributed by atoms with Gasteiger partial charge in [0, 0.05) is 6.07 Å². The average Bonchev–Trinajstić information content (AvgIpc) is 2.03. The molecule has 0 amide bonds. The maximum atomic E-state index is 4.87. The summed E-state index contributed by atoms with van der Waals surface area (Å²) in [5.74, 6) is 0. The lowest BCUT2D eigenvalue weighted by molar-refractivity contribution is 0.835. The summed E-state index contributed by atoms with van der Waals surface area (Å²) in [7, 11) is 0. The van der Waals surface area contributed by atoms with E-state index in [-0.39, 0.29) is 0 Å². The zero-order valence-corrected chi connectivity index (χ0v) is 8.65. The third kappa shape index (κ3) is 2.50. The Labute approximate surface area is 80.0 Å². The SMILES string of the molecule is CSc1cc(SC)nc([S])n1. The van der Waals surface area contributed by atoms with E-state index in [0.717, 1.165) is 10.1 Å². The van der Waals surface area contributed by atoms with Gasteiger partial charge in [0.1, 0.15) is 10.1 Å². The van der Waals surface area contributed by atoms with Crippen molar-refractivity contribution in [2.75, 3.05) is 12.5 Å². The van der Waals surface area contributed by atoms with Crippen molar-refractivity contribution >= 4 is 36.2 Å². The van der Waals surface area contributed by atoms with Gasteiger partial charge in [0.15, 0.2) is 0 Å².